The Morgan fingerprint density at radius 3 is 2.29 bits per heavy atom. The van der Waals surface area contributed by atoms with Crippen molar-refractivity contribution in [2.75, 3.05) is 40.2 Å². The molecule has 1 amide bonds. The van der Waals surface area contributed by atoms with Crippen molar-refractivity contribution in [3.63, 3.8) is 0 Å². The van der Waals surface area contributed by atoms with Crippen LogP contribution in [0.3, 0.4) is 0 Å². The number of amides is 1. The molecule has 1 heterocycles. The van der Waals surface area contributed by atoms with Crippen molar-refractivity contribution < 1.29 is 19.0 Å². The number of rotatable bonds is 5. The maximum absolute atomic E-state index is 11.3. The van der Waals surface area contributed by atoms with Gasteiger partial charge in [-0.3, -0.25) is 10.3 Å². The SMILES string of the molecule is CN=C(NCc1ccc(NC(=O)OC)cc1)N1CCc2cc(OC)c(OC)cc2C1.I. The Kier molecular flexibility index (Phi) is 9.22. The van der Waals surface area contributed by atoms with E-state index in [-0.39, 0.29) is 24.0 Å². The molecule has 9 heteroatoms. The Morgan fingerprint density at radius 1 is 1.06 bits per heavy atom. The van der Waals surface area contributed by atoms with E-state index < -0.39 is 6.09 Å². The van der Waals surface area contributed by atoms with Gasteiger partial charge in [-0.25, -0.2) is 4.79 Å². The van der Waals surface area contributed by atoms with Crippen molar-refractivity contribution >= 4 is 41.7 Å². The summed E-state index contributed by atoms with van der Waals surface area (Å²) in [4.78, 5) is 17.9. The van der Waals surface area contributed by atoms with Gasteiger partial charge in [0.05, 0.1) is 21.3 Å². The van der Waals surface area contributed by atoms with Gasteiger partial charge >= 0.3 is 6.09 Å². The average molecular weight is 540 g/mol. The van der Waals surface area contributed by atoms with Crippen LogP contribution in [0.1, 0.15) is 16.7 Å². The third kappa shape index (κ3) is 6.16. The van der Waals surface area contributed by atoms with Crippen LogP contribution in [0.4, 0.5) is 10.5 Å². The van der Waals surface area contributed by atoms with Crippen LogP contribution in [0.2, 0.25) is 0 Å². The molecule has 0 unspecified atom stereocenters. The fraction of sp³-hybridized carbons (Fsp3) is 0.364. The molecule has 3 rings (SSSR count). The van der Waals surface area contributed by atoms with Crippen LogP contribution in [0, 0.1) is 0 Å². The highest BCUT2D eigenvalue weighted by Crippen LogP contribution is 2.33. The number of halogens is 1. The van der Waals surface area contributed by atoms with Crippen molar-refractivity contribution in [1.29, 1.82) is 0 Å². The molecule has 8 nitrogen and oxygen atoms in total. The highest BCUT2D eigenvalue weighted by atomic mass is 127. The summed E-state index contributed by atoms with van der Waals surface area (Å²) in [5, 5.41) is 6.06. The molecule has 0 aliphatic carbocycles. The predicted molar refractivity (Wildman–Crippen MR) is 132 cm³/mol. The lowest BCUT2D eigenvalue weighted by atomic mass is 9.99. The second-order valence-electron chi connectivity index (χ2n) is 6.86. The quantitative estimate of drug-likeness (QED) is 0.343. The van der Waals surface area contributed by atoms with Crippen LogP contribution in [-0.2, 0) is 24.2 Å². The number of carbonyl (C=O) groups excluding carboxylic acids is 1. The Bertz CT molecular complexity index is 918. The van der Waals surface area contributed by atoms with Gasteiger partial charge in [0.25, 0.3) is 0 Å². The first-order valence-corrected chi connectivity index (χ1v) is 9.71. The van der Waals surface area contributed by atoms with E-state index in [4.69, 9.17) is 9.47 Å². The molecule has 1 aliphatic heterocycles. The summed E-state index contributed by atoms with van der Waals surface area (Å²) >= 11 is 0. The van der Waals surface area contributed by atoms with Gasteiger partial charge in [-0.15, -0.1) is 24.0 Å². The fourth-order valence-corrected chi connectivity index (χ4v) is 3.45. The highest BCUT2D eigenvalue weighted by molar-refractivity contribution is 14.0. The van der Waals surface area contributed by atoms with E-state index in [9.17, 15) is 4.79 Å². The number of methoxy groups -OCH3 is 3. The van der Waals surface area contributed by atoms with Crippen LogP contribution in [0.5, 0.6) is 11.5 Å². The Balaban J connectivity index is 0.00000341. The van der Waals surface area contributed by atoms with Crippen molar-refractivity contribution in [2.24, 2.45) is 4.99 Å². The molecule has 168 valence electrons. The van der Waals surface area contributed by atoms with Crippen molar-refractivity contribution in [3.05, 3.63) is 53.1 Å². The number of guanidine groups is 1. The van der Waals surface area contributed by atoms with E-state index in [1.807, 2.05) is 30.3 Å². The van der Waals surface area contributed by atoms with Crippen molar-refractivity contribution in [3.8, 4) is 11.5 Å². The van der Waals surface area contributed by atoms with Gasteiger partial charge in [0.15, 0.2) is 17.5 Å². The summed E-state index contributed by atoms with van der Waals surface area (Å²) in [5.74, 6) is 2.34. The van der Waals surface area contributed by atoms with E-state index in [0.717, 1.165) is 42.5 Å². The number of hydrogen-bond acceptors (Lipinski definition) is 5. The minimum Gasteiger partial charge on any atom is -0.493 e. The molecule has 0 saturated carbocycles. The minimum atomic E-state index is -0.485. The van der Waals surface area contributed by atoms with Crippen LogP contribution >= 0.6 is 24.0 Å². The molecule has 0 spiro atoms. The van der Waals surface area contributed by atoms with Crippen LogP contribution in [0.25, 0.3) is 0 Å². The lowest BCUT2D eigenvalue weighted by Gasteiger charge is -2.32. The summed E-state index contributed by atoms with van der Waals surface area (Å²) in [7, 11) is 6.43. The van der Waals surface area contributed by atoms with E-state index in [2.05, 4.69) is 31.3 Å². The van der Waals surface area contributed by atoms with Crippen molar-refractivity contribution in [1.82, 2.24) is 10.2 Å². The molecule has 0 atom stereocenters. The van der Waals surface area contributed by atoms with Gasteiger partial charge in [-0.2, -0.15) is 0 Å². The maximum Gasteiger partial charge on any atom is 0.411 e. The second kappa shape index (κ2) is 11.6. The number of aliphatic imine (C=N–C) groups is 1. The first-order chi connectivity index (χ1) is 14.6. The molecule has 1 aliphatic rings. The average Bonchev–Trinajstić information content (AvgIpc) is 2.79. The van der Waals surface area contributed by atoms with E-state index in [1.54, 1.807) is 21.3 Å². The zero-order valence-electron chi connectivity index (χ0n) is 18.2. The Morgan fingerprint density at radius 2 is 1.71 bits per heavy atom. The zero-order valence-corrected chi connectivity index (χ0v) is 20.6. The molecular weight excluding hydrogens is 511 g/mol. The predicted octanol–water partition coefficient (Wildman–Crippen LogP) is 3.63. The molecule has 0 bridgehead atoms. The first kappa shape index (κ1) is 24.6. The molecule has 0 saturated heterocycles. The summed E-state index contributed by atoms with van der Waals surface area (Å²) in [6.07, 6.45) is 0.422. The van der Waals surface area contributed by atoms with E-state index in [1.165, 1.54) is 18.2 Å². The second-order valence-corrected chi connectivity index (χ2v) is 6.86. The number of carbonyl (C=O) groups is 1. The lowest BCUT2D eigenvalue weighted by Crippen LogP contribution is -2.43. The van der Waals surface area contributed by atoms with Crippen LogP contribution in [-0.4, -0.2) is 51.9 Å². The molecule has 0 fully saturated rings. The molecule has 0 aromatic heterocycles. The summed E-state index contributed by atoms with van der Waals surface area (Å²) < 4.78 is 15.5. The molecule has 2 aromatic rings. The summed E-state index contributed by atoms with van der Waals surface area (Å²) in [6.45, 7) is 2.24. The van der Waals surface area contributed by atoms with Gasteiger partial charge in [0.2, 0.25) is 0 Å². The minimum absolute atomic E-state index is 0. The molecule has 2 aromatic carbocycles. The van der Waals surface area contributed by atoms with Crippen LogP contribution < -0.4 is 20.1 Å². The molecule has 0 radical (unpaired) electrons. The number of nitrogens with one attached hydrogen (secondary N) is 2. The lowest BCUT2D eigenvalue weighted by molar-refractivity contribution is 0.187. The first-order valence-electron chi connectivity index (χ1n) is 9.71. The van der Waals surface area contributed by atoms with Gasteiger partial charge in [-0.05, 0) is 47.4 Å². The van der Waals surface area contributed by atoms with Crippen LogP contribution in [0.15, 0.2) is 41.4 Å². The summed E-state index contributed by atoms with van der Waals surface area (Å²) in [5.41, 5.74) is 4.25. The van der Waals surface area contributed by atoms with Gasteiger partial charge < -0.3 is 24.4 Å². The third-order valence-corrected chi connectivity index (χ3v) is 5.07. The Hall–Kier alpha value is -2.69. The number of ether oxygens (including phenoxy) is 3. The number of fused-ring (bicyclic) bond motifs is 1. The van der Waals surface area contributed by atoms with Gasteiger partial charge in [-0.1, -0.05) is 12.1 Å². The van der Waals surface area contributed by atoms with Gasteiger partial charge in [0.1, 0.15) is 0 Å². The largest absolute Gasteiger partial charge is 0.493 e. The van der Waals surface area contributed by atoms with Crippen molar-refractivity contribution in [2.45, 2.75) is 19.5 Å². The fourth-order valence-electron chi connectivity index (χ4n) is 3.45. The number of benzene rings is 2. The molecule has 2 N–H and O–H groups in total. The summed E-state index contributed by atoms with van der Waals surface area (Å²) in [6, 6.07) is 11.7. The monoisotopic (exact) mass is 540 g/mol. The smallest absolute Gasteiger partial charge is 0.411 e. The molecular formula is C22H29IN4O4. The van der Waals surface area contributed by atoms with Gasteiger partial charge in [0, 0.05) is 32.4 Å². The number of anilines is 1. The van der Waals surface area contributed by atoms with E-state index >= 15 is 0 Å². The highest BCUT2D eigenvalue weighted by Gasteiger charge is 2.21. The number of nitrogens with zero attached hydrogens (tertiary/aromatic N) is 2. The Labute approximate surface area is 200 Å². The van der Waals surface area contributed by atoms with E-state index in [0.29, 0.717) is 12.2 Å². The topological polar surface area (TPSA) is 84.4 Å². The maximum atomic E-state index is 11.3. The normalized spacial score (nSPS) is 12.9. The molecule has 31 heavy (non-hydrogen) atoms. The number of hydrogen-bond donors (Lipinski definition) is 2. The standard InChI is InChI=1S/C22H28N4O4.HI/c1-23-21(24-13-15-5-7-18(8-6-15)25-22(27)30-4)26-10-9-16-11-19(28-2)20(29-3)12-17(16)14-26;/h5-8,11-12H,9-10,13-14H2,1-4H3,(H,23,24)(H,25,27);1H. The third-order valence-electron chi connectivity index (χ3n) is 5.07. The zero-order chi connectivity index (χ0) is 21.5.